The molecule has 1 aromatic heterocycles. The van der Waals surface area contributed by atoms with Gasteiger partial charge in [0.2, 0.25) is 0 Å². The molecule has 0 saturated carbocycles. The van der Waals surface area contributed by atoms with Gasteiger partial charge in [-0.05, 0) is 30.0 Å². The minimum absolute atomic E-state index is 0.00999. The zero-order valence-electron chi connectivity index (χ0n) is 17.4. The number of aliphatic carboxylic acids is 2. The fourth-order valence-corrected chi connectivity index (χ4v) is 2.95. The number of carboxylic acid groups (broad SMARTS) is 2. The Morgan fingerprint density at radius 1 is 0.938 bits per heavy atom. The summed E-state index contributed by atoms with van der Waals surface area (Å²) in [7, 11) is 0. The van der Waals surface area contributed by atoms with Gasteiger partial charge in [0.25, 0.3) is 5.56 Å². The number of H-pyrrole nitrogens is 1. The van der Waals surface area contributed by atoms with Crippen LogP contribution < -0.4 is 10.9 Å². The number of aromatic nitrogens is 1. The lowest BCUT2D eigenvalue weighted by Gasteiger charge is -2.14. The van der Waals surface area contributed by atoms with Gasteiger partial charge in [-0.25, -0.2) is 9.59 Å². The first-order chi connectivity index (χ1) is 15.2. The average molecular weight is 442 g/mol. The van der Waals surface area contributed by atoms with Crippen LogP contribution >= 0.6 is 0 Å². The first-order valence-corrected chi connectivity index (χ1v) is 9.91. The van der Waals surface area contributed by atoms with E-state index < -0.39 is 24.1 Å². The Balaban J connectivity index is 0.000000309. The number of aliphatic hydroxyl groups is 2. The standard InChI is InChI=1S/C19H20N2O.C4H6O6/c1-14(15-7-3-2-4-8-15)20-12-11-17-13-16-9-5-6-10-18(16)19(22)21-17;5-1(3(7)8)2(6)4(9)10/h2-10,13-14,20H,11-12H2,1H3,(H,21,22);1-2,5-6H,(H,7,8)(H,9,10)/t;1-,2-/m.1/s1. The predicted molar refractivity (Wildman–Crippen MR) is 118 cm³/mol. The molecule has 0 bridgehead atoms. The zero-order chi connectivity index (χ0) is 23.7. The Kier molecular flexibility index (Phi) is 9.08. The summed E-state index contributed by atoms with van der Waals surface area (Å²) in [6, 6.07) is 20.4. The topological polar surface area (TPSA) is 160 Å². The number of hydrogen-bond acceptors (Lipinski definition) is 6. The molecule has 0 amide bonds. The van der Waals surface area contributed by atoms with Crippen molar-refractivity contribution in [2.75, 3.05) is 6.54 Å². The van der Waals surface area contributed by atoms with Crippen LogP contribution in [-0.4, -0.2) is 56.1 Å². The summed E-state index contributed by atoms with van der Waals surface area (Å²) in [5.74, 6) is -3.54. The zero-order valence-corrected chi connectivity index (χ0v) is 17.4. The summed E-state index contributed by atoms with van der Waals surface area (Å²) < 4.78 is 0. The van der Waals surface area contributed by atoms with E-state index in [-0.39, 0.29) is 5.56 Å². The smallest absolute Gasteiger partial charge is 0.335 e. The lowest BCUT2D eigenvalue weighted by Crippen LogP contribution is -2.39. The highest BCUT2D eigenvalue weighted by Crippen LogP contribution is 2.12. The molecule has 0 spiro atoms. The van der Waals surface area contributed by atoms with Crippen LogP contribution in [0.15, 0.2) is 65.5 Å². The van der Waals surface area contributed by atoms with Crippen molar-refractivity contribution in [1.82, 2.24) is 10.3 Å². The summed E-state index contributed by atoms with van der Waals surface area (Å²) in [6.45, 7) is 2.98. The lowest BCUT2D eigenvalue weighted by atomic mass is 10.1. The molecule has 0 aliphatic heterocycles. The van der Waals surface area contributed by atoms with Crippen molar-refractivity contribution in [2.24, 2.45) is 0 Å². The molecule has 170 valence electrons. The van der Waals surface area contributed by atoms with Crippen LogP contribution in [0.4, 0.5) is 0 Å². The number of hydrogen-bond donors (Lipinski definition) is 6. The van der Waals surface area contributed by atoms with E-state index in [1.807, 2.05) is 42.5 Å². The van der Waals surface area contributed by atoms with Crippen molar-refractivity contribution in [1.29, 1.82) is 0 Å². The van der Waals surface area contributed by atoms with Crippen LogP contribution in [-0.2, 0) is 16.0 Å². The van der Waals surface area contributed by atoms with Gasteiger partial charge in [-0.1, -0.05) is 48.5 Å². The molecule has 0 radical (unpaired) electrons. The van der Waals surface area contributed by atoms with Gasteiger partial charge in [0.15, 0.2) is 12.2 Å². The SMILES string of the molecule is CC(NCCc1cc2ccccc2c(=O)[nH]1)c1ccccc1.O=C(O)[C@H](O)[C@@H](O)C(=O)O. The highest BCUT2D eigenvalue weighted by molar-refractivity contribution is 5.83. The molecule has 32 heavy (non-hydrogen) atoms. The Labute approximate surface area is 184 Å². The van der Waals surface area contributed by atoms with Gasteiger partial charge in [0, 0.05) is 30.1 Å². The van der Waals surface area contributed by atoms with Crippen molar-refractivity contribution in [3.05, 3.63) is 82.3 Å². The van der Waals surface area contributed by atoms with Crippen LogP contribution in [0.1, 0.15) is 24.2 Å². The maximum atomic E-state index is 12.0. The summed E-state index contributed by atoms with van der Waals surface area (Å²) >= 11 is 0. The van der Waals surface area contributed by atoms with Gasteiger partial charge < -0.3 is 30.7 Å². The van der Waals surface area contributed by atoms with E-state index in [2.05, 4.69) is 35.4 Å². The number of carbonyl (C=O) groups is 2. The van der Waals surface area contributed by atoms with Crippen LogP contribution in [0.2, 0.25) is 0 Å². The third kappa shape index (κ3) is 7.02. The molecule has 1 unspecified atom stereocenters. The third-order valence-electron chi connectivity index (χ3n) is 4.76. The molecule has 1 heterocycles. The van der Waals surface area contributed by atoms with E-state index >= 15 is 0 Å². The number of carboxylic acids is 2. The minimum atomic E-state index is -2.27. The number of aliphatic hydroxyl groups excluding tert-OH is 2. The molecule has 3 atom stereocenters. The number of nitrogens with one attached hydrogen (secondary N) is 2. The Morgan fingerprint density at radius 3 is 2.09 bits per heavy atom. The number of pyridine rings is 1. The van der Waals surface area contributed by atoms with Crippen molar-refractivity contribution in [3.63, 3.8) is 0 Å². The summed E-state index contributed by atoms with van der Waals surface area (Å²) in [5.41, 5.74) is 2.23. The molecule has 9 nitrogen and oxygen atoms in total. The fraction of sp³-hybridized carbons (Fsp3) is 0.261. The van der Waals surface area contributed by atoms with Crippen molar-refractivity contribution >= 4 is 22.7 Å². The average Bonchev–Trinajstić information content (AvgIpc) is 2.79. The van der Waals surface area contributed by atoms with Crippen LogP contribution in [0.3, 0.4) is 0 Å². The van der Waals surface area contributed by atoms with Gasteiger partial charge in [0.05, 0.1) is 0 Å². The second-order valence-electron chi connectivity index (χ2n) is 7.11. The van der Waals surface area contributed by atoms with Crippen molar-refractivity contribution < 1.29 is 30.0 Å². The monoisotopic (exact) mass is 442 g/mol. The molecule has 2 aromatic carbocycles. The second kappa shape index (κ2) is 11.8. The van der Waals surface area contributed by atoms with Gasteiger partial charge in [-0.15, -0.1) is 0 Å². The normalized spacial score (nSPS) is 13.5. The molecular formula is C23H26N2O7. The molecule has 0 aliphatic carbocycles. The Bertz CT molecular complexity index is 1080. The molecule has 3 aromatic rings. The number of benzene rings is 2. The van der Waals surface area contributed by atoms with Gasteiger partial charge >= 0.3 is 11.9 Å². The maximum Gasteiger partial charge on any atom is 0.335 e. The van der Waals surface area contributed by atoms with Gasteiger partial charge in [-0.2, -0.15) is 0 Å². The first-order valence-electron chi connectivity index (χ1n) is 9.91. The van der Waals surface area contributed by atoms with Crippen LogP contribution in [0, 0.1) is 0 Å². The number of rotatable bonds is 8. The predicted octanol–water partition coefficient (Wildman–Crippen LogP) is 1.30. The maximum absolute atomic E-state index is 12.0. The van der Waals surface area contributed by atoms with E-state index in [9.17, 15) is 14.4 Å². The molecule has 0 fully saturated rings. The highest BCUT2D eigenvalue weighted by atomic mass is 16.4. The summed E-state index contributed by atoms with van der Waals surface area (Å²) in [4.78, 5) is 34.6. The fourth-order valence-electron chi connectivity index (χ4n) is 2.95. The summed E-state index contributed by atoms with van der Waals surface area (Å²) in [5, 5.41) is 37.8. The minimum Gasteiger partial charge on any atom is -0.479 e. The lowest BCUT2D eigenvalue weighted by molar-refractivity contribution is -0.165. The van der Waals surface area contributed by atoms with E-state index in [1.165, 1.54) is 5.56 Å². The molecule has 6 N–H and O–H groups in total. The molecule has 0 aliphatic rings. The highest BCUT2D eigenvalue weighted by Gasteiger charge is 2.29. The van der Waals surface area contributed by atoms with E-state index in [4.69, 9.17) is 20.4 Å². The largest absolute Gasteiger partial charge is 0.479 e. The third-order valence-corrected chi connectivity index (χ3v) is 4.76. The molecule has 3 rings (SSSR count). The van der Waals surface area contributed by atoms with Gasteiger partial charge in [-0.3, -0.25) is 4.79 Å². The quantitative estimate of drug-likeness (QED) is 0.304. The number of aromatic amines is 1. The van der Waals surface area contributed by atoms with Crippen molar-refractivity contribution in [3.8, 4) is 0 Å². The molecular weight excluding hydrogens is 416 g/mol. The second-order valence-corrected chi connectivity index (χ2v) is 7.11. The van der Waals surface area contributed by atoms with Crippen LogP contribution in [0.25, 0.3) is 10.8 Å². The van der Waals surface area contributed by atoms with E-state index in [1.54, 1.807) is 0 Å². The van der Waals surface area contributed by atoms with Crippen LogP contribution in [0.5, 0.6) is 0 Å². The Morgan fingerprint density at radius 2 is 1.50 bits per heavy atom. The Hall–Kier alpha value is -3.53. The molecule has 0 saturated heterocycles. The van der Waals surface area contributed by atoms with Crippen molar-refractivity contribution in [2.45, 2.75) is 31.6 Å². The van der Waals surface area contributed by atoms with E-state index in [0.717, 1.165) is 29.4 Å². The number of fused-ring (bicyclic) bond motifs is 1. The molecule has 9 heteroatoms. The first kappa shape index (κ1) is 24.7. The van der Waals surface area contributed by atoms with E-state index in [0.29, 0.717) is 6.04 Å². The summed E-state index contributed by atoms with van der Waals surface area (Å²) in [6.07, 6.45) is -3.73. The van der Waals surface area contributed by atoms with Gasteiger partial charge in [0.1, 0.15) is 0 Å².